The highest BCUT2D eigenvalue weighted by molar-refractivity contribution is 5.82. The number of nitrogens with one attached hydrogen (secondary N) is 1. The van der Waals surface area contributed by atoms with Gasteiger partial charge in [0.05, 0.1) is 5.92 Å². The van der Waals surface area contributed by atoms with Crippen molar-refractivity contribution in [1.82, 2.24) is 10.2 Å². The molecule has 2 aromatic rings. The molecule has 33 heavy (non-hydrogen) atoms. The van der Waals surface area contributed by atoms with Gasteiger partial charge in [-0.05, 0) is 48.6 Å². The number of nitrogens with zero attached hydrogens (tertiary/aromatic N) is 2. The summed E-state index contributed by atoms with van der Waals surface area (Å²) in [5.41, 5.74) is 4.46. The zero-order chi connectivity index (χ0) is 22.6. The van der Waals surface area contributed by atoms with Gasteiger partial charge in [0, 0.05) is 48.6 Å². The predicted octanol–water partition coefficient (Wildman–Crippen LogP) is 3.44. The molecule has 0 radical (unpaired) electrons. The van der Waals surface area contributed by atoms with E-state index in [0.29, 0.717) is 12.6 Å². The summed E-state index contributed by atoms with van der Waals surface area (Å²) < 4.78 is 5.83. The summed E-state index contributed by atoms with van der Waals surface area (Å²) in [6.07, 6.45) is 4.12. The average molecular weight is 442 g/mol. The zero-order valence-electron chi connectivity index (χ0n) is 18.4. The quantitative estimate of drug-likeness (QED) is 0.696. The van der Waals surface area contributed by atoms with Crippen LogP contribution < -0.4 is 10.1 Å². The van der Waals surface area contributed by atoms with Gasteiger partial charge in [0.2, 0.25) is 0 Å². The van der Waals surface area contributed by atoms with E-state index >= 15 is 0 Å². The number of aliphatic carboxylic acids is 1. The Morgan fingerprint density at radius 2 is 1.94 bits per heavy atom. The molecule has 1 aliphatic carbocycles. The molecule has 1 fully saturated rings. The Labute approximate surface area is 194 Å². The highest BCUT2D eigenvalue weighted by atomic mass is 16.5. The molecule has 3 aliphatic rings. The molecule has 2 heterocycles. The highest BCUT2D eigenvalue weighted by Gasteiger charge is 2.39. The average Bonchev–Trinajstić information content (AvgIpc) is 2.81. The third-order valence-electron chi connectivity index (χ3n) is 6.54. The second-order valence-corrected chi connectivity index (χ2v) is 8.78. The van der Waals surface area contributed by atoms with Crippen LogP contribution in [0.25, 0.3) is 0 Å². The van der Waals surface area contributed by atoms with Crippen molar-refractivity contribution >= 4 is 12.2 Å². The molecule has 0 saturated heterocycles. The first kappa shape index (κ1) is 21.3. The normalized spacial score (nSPS) is 24.1. The van der Waals surface area contributed by atoms with Crippen LogP contribution in [-0.4, -0.2) is 47.5 Å². The maximum atomic E-state index is 11.1. The van der Waals surface area contributed by atoms with Crippen molar-refractivity contribution in [2.24, 2.45) is 10.9 Å². The van der Waals surface area contributed by atoms with Gasteiger partial charge in [-0.1, -0.05) is 36.3 Å². The van der Waals surface area contributed by atoms with Gasteiger partial charge in [-0.25, -0.2) is 0 Å². The second kappa shape index (κ2) is 9.51. The van der Waals surface area contributed by atoms with E-state index in [4.69, 9.17) is 9.84 Å². The molecule has 0 aromatic heterocycles. The van der Waals surface area contributed by atoms with Crippen molar-refractivity contribution in [3.05, 3.63) is 77.0 Å². The SMILES string of the molecule is O=C(O)C1CC(N2CCC3=C(C=NC(C#Cc4ccc(OCc5ccccc5)cc4)N3)C2)C1. The predicted molar refractivity (Wildman–Crippen MR) is 127 cm³/mol. The van der Waals surface area contributed by atoms with E-state index in [1.807, 2.05) is 60.8 Å². The summed E-state index contributed by atoms with van der Waals surface area (Å²) in [7, 11) is 0. The Morgan fingerprint density at radius 1 is 1.15 bits per heavy atom. The van der Waals surface area contributed by atoms with E-state index in [0.717, 1.165) is 49.2 Å². The van der Waals surface area contributed by atoms with E-state index in [-0.39, 0.29) is 12.1 Å². The summed E-state index contributed by atoms with van der Waals surface area (Å²) in [6, 6.07) is 18.3. The number of hydrogen-bond acceptors (Lipinski definition) is 5. The van der Waals surface area contributed by atoms with Crippen LogP contribution >= 0.6 is 0 Å². The Balaban J connectivity index is 1.12. The van der Waals surface area contributed by atoms with Gasteiger partial charge in [-0.15, -0.1) is 0 Å². The molecule has 0 spiro atoms. The van der Waals surface area contributed by atoms with Crippen molar-refractivity contribution in [1.29, 1.82) is 0 Å². The molecule has 1 saturated carbocycles. The lowest BCUT2D eigenvalue weighted by Crippen LogP contribution is -2.51. The van der Waals surface area contributed by atoms with Crippen LogP contribution in [0.4, 0.5) is 0 Å². The minimum absolute atomic E-state index is 0.173. The Kier molecular flexibility index (Phi) is 6.14. The lowest BCUT2D eigenvalue weighted by molar-refractivity contribution is -0.147. The van der Waals surface area contributed by atoms with E-state index in [1.165, 1.54) is 11.3 Å². The van der Waals surface area contributed by atoms with Gasteiger partial charge in [0.1, 0.15) is 12.4 Å². The Hall–Kier alpha value is -3.56. The third-order valence-corrected chi connectivity index (χ3v) is 6.54. The van der Waals surface area contributed by atoms with Crippen molar-refractivity contribution < 1.29 is 14.6 Å². The van der Waals surface area contributed by atoms with Crippen molar-refractivity contribution in [2.45, 2.75) is 38.1 Å². The van der Waals surface area contributed by atoms with Gasteiger partial charge in [-0.2, -0.15) is 0 Å². The summed E-state index contributed by atoms with van der Waals surface area (Å²) in [5.74, 6) is 6.39. The van der Waals surface area contributed by atoms with Gasteiger partial charge >= 0.3 is 5.97 Å². The number of benzene rings is 2. The standard InChI is InChI=1S/C27H27N3O3/c31-27(32)21-14-23(15-21)30-13-12-25-22(17-30)16-28-26(29-25)11-8-19-6-9-24(10-7-19)33-18-20-4-2-1-3-5-20/h1-7,9-10,16,21,23,26,29H,12-15,17-18H2,(H,31,32). The van der Waals surface area contributed by atoms with Gasteiger partial charge in [-0.3, -0.25) is 14.7 Å². The summed E-state index contributed by atoms with van der Waals surface area (Å²) in [5, 5.41) is 12.6. The molecule has 0 amide bonds. The van der Waals surface area contributed by atoms with Crippen LogP contribution in [-0.2, 0) is 11.4 Å². The molecule has 1 unspecified atom stereocenters. The van der Waals surface area contributed by atoms with Gasteiger partial charge in [0.15, 0.2) is 6.17 Å². The summed E-state index contributed by atoms with van der Waals surface area (Å²) in [4.78, 5) is 18.0. The van der Waals surface area contributed by atoms with E-state index < -0.39 is 5.97 Å². The first-order chi connectivity index (χ1) is 16.1. The third kappa shape index (κ3) is 5.10. The minimum Gasteiger partial charge on any atom is -0.489 e. The van der Waals surface area contributed by atoms with Crippen molar-refractivity contribution in [3.8, 4) is 17.6 Å². The lowest BCUT2D eigenvalue weighted by atomic mass is 9.78. The van der Waals surface area contributed by atoms with Crippen LogP contribution in [0.3, 0.4) is 0 Å². The topological polar surface area (TPSA) is 74.2 Å². The zero-order valence-corrected chi connectivity index (χ0v) is 18.4. The van der Waals surface area contributed by atoms with E-state index in [9.17, 15) is 4.79 Å². The van der Waals surface area contributed by atoms with Gasteiger partial charge in [0.25, 0.3) is 0 Å². The number of carboxylic acid groups (broad SMARTS) is 1. The number of ether oxygens (including phenoxy) is 1. The van der Waals surface area contributed by atoms with Crippen LogP contribution in [0.2, 0.25) is 0 Å². The van der Waals surface area contributed by atoms with Crippen LogP contribution in [0.5, 0.6) is 5.75 Å². The number of hydrogen-bond donors (Lipinski definition) is 2. The largest absolute Gasteiger partial charge is 0.489 e. The van der Waals surface area contributed by atoms with Crippen molar-refractivity contribution in [3.63, 3.8) is 0 Å². The Morgan fingerprint density at radius 3 is 2.70 bits per heavy atom. The molecule has 5 rings (SSSR count). The van der Waals surface area contributed by atoms with E-state index in [1.54, 1.807) is 0 Å². The maximum absolute atomic E-state index is 11.1. The van der Waals surface area contributed by atoms with Gasteiger partial charge < -0.3 is 15.2 Å². The first-order valence-corrected chi connectivity index (χ1v) is 11.4. The second-order valence-electron chi connectivity index (χ2n) is 8.78. The van der Waals surface area contributed by atoms with Crippen LogP contribution in [0, 0.1) is 17.8 Å². The fraction of sp³-hybridized carbons (Fsp3) is 0.333. The molecule has 6 heteroatoms. The lowest BCUT2D eigenvalue weighted by Gasteiger charge is -2.44. The molecule has 2 aromatic carbocycles. The Bertz CT molecular complexity index is 1120. The number of carboxylic acids is 1. The van der Waals surface area contributed by atoms with Crippen LogP contribution in [0.1, 0.15) is 30.4 Å². The fourth-order valence-corrected chi connectivity index (χ4v) is 4.46. The summed E-state index contributed by atoms with van der Waals surface area (Å²) in [6.45, 7) is 2.32. The molecule has 0 bridgehead atoms. The molecule has 6 nitrogen and oxygen atoms in total. The number of aliphatic imine (C=N–C) groups is 1. The highest BCUT2D eigenvalue weighted by Crippen LogP contribution is 2.34. The summed E-state index contributed by atoms with van der Waals surface area (Å²) >= 11 is 0. The number of carbonyl (C=O) groups is 1. The maximum Gasteiger partial charge on any atom is 0.306 e. The molecule has 168 valence electrons. The molecule has 2 N–H and O–H groups in total. The van der Waals surface area contributed by atoms with Crippen LogP contribution in [0.15, 0.2) is 70.9 Å². The minimum atomic E-state index is -0.667. The molecule has 1 atom stereocenters. The van der Waals surface area contributed by atoms with E-state index in [2.05, 4.69) is 27.0 Å². The number of rotatable bonds is 5. The monoisotopic (exact) mass is 441 g/mol. The molecular weight excluding hydrogens is 414 g/mol. The molecular formula is C27H27N3O3. The first-order valence-electron chi connectivity index (χ1n) is 11.4. The fourth-order valence-electron chi connectivity index (χ4n) is 4.46. The smallest absolute Gasteiger partial charge is 0.306 e. The molecule has 2 aliphatic heterocycles. The van der Waals surface area contributed by atoms with Crippen molar-refractivity contribution in [2.75, 3.05) is 13.1 Å².